The number of esters is 3. The lowest BCUT2D eigenvalue weighted by Crippen LogP contribution is -2.30. The molecule has 0 rings (SSSR count). The molecule has 0 radical (unpaired) electrons. The maximum absolute atomic E-state index is 12.9. The normalized spacial score (nSPS) is 12.7. The van der Waals surface area contributed by atoms with Crippen molar-refractivity contribution in [2.75, 3.05) is 13.2 Å². The molecule has 6 heteroatoms. The lowest BCUT2D eigenvalue weighted by atomic mass is 10.0. The average Bonchev–Trinajstić information content (AvgIpc) is 3.46. The summed E-state index contributed by atoms with van der Waals surface area (Å²) in [5, 5.41) is 0. The standard InChI is InChI=1S/C74H128O6/c1-4-7-10-13-16-19-22-24-26-28-30-32-34-36-37-39-40-42-44-46-48-50-52-55-58-61-64-67-73(76)79-70-71(69-78-72(75)66-63-60-57-54-21-18-15-12-9-6-3)80-74(77)68-65-62-59-56-53-51-49-47-45-43-41-38-35-33-31-29-27-25-23-20-17-14-11-8-5-2/h7,10,16,19,23-26,29-32,35-38,71H,4-6,8-9,11-15,17-18,20-22,27-28,33-34,39-70H2,1-3H3/b10-7-,19-16-,25-23-,26-24-,31-29-,32-30-,37-36-,38-35-. The van der Waals surface area contributed by atoms with Crippen LogP contribution in [0.5, 0.6) is 0 Å². The van der Waals surface area contributed by atoms with Crippen LogP contribution >= 0.6 is 0 Å². The molecule has 460 valence electrons. The third-order valence-corrected chi connectivity index (χ3v) is 14.8. The molecule has 1 atom stereocenters. The number of carbonyl (C=O) groups excluding carboxylic acids is 3. The van der Waals surface area contributed by atoms with E-state index in [2.05, 4.69) is 118 Å². The molecule has 0 spiro atoms. The van der Waals surface area contributed by atoms with Crippen molar-refractivity contribution >= 4 is 17.9 Å². The zero-order valence-corrected chi connectivity index (χ0v) is 52.8. The van der Waals surface area contributed by atoms with Gasteiger partial charge < -0.3 is 14.2 Å². The second-order valence-electron chi connectivity index (χ2n) is 22.7. The zero-order chi connectivity index (χ0) is 57.8. The lowest BCUT2D eigenvalue weighted by molar-refractivity contribution is -0.167. The van der Waals surface area contributed by atoms with Gasteiger partial charge in [-0.25, -0.2) is 0 Å². The number of hydrogen-bond donors (Lipinski definition) is 0. The van der Waals surface area contributed by atoms with E-state index in [-0.39, 0.29) is 31.1 Å². The van der Waals surface area contributed by atoms with Gasteiger partial charge in [-0.3, -0.25) is 14.4 Å². The van der Waals surface area contributed by atoms with Gasteiger partial charge in [0.05, 0.1) is 0 Å². The van der Waals surface area contributed by atoms with E-state index in [9.17, 15) is 14.4 Å². The van der Waals surface area contributed by atoms with E-state index in [1.54, 1.807) is 0 Å². The van der Waals surface area contributed by atoms with Gasteiger partial charge in [0.25, 0.3) is 0 Å². The molecule has 0 fully saturated rings. The molecule has 0 heterocycles. The topological polar surface area (TPSA) is 78.9 Å². The Bertz CT molecular complexity index is 1560. The van der Waals surface area contributed by atoms with Crippen LogP contribution in [0.25, 0.3) is 0 Å². The molecule has 0 N–H and O–H groups in total. The maximum Gasteiger partial charge on any atom is 0.306 e. The Hall–Kier alpha value is -3.67. The summed E-state index contributed by atoms with van der Waals surface area (Å²) >= 11 is 0. The third kappa shape index (κ3) is 65.1. The molecule has 0 saturated heterocycles. The van der Waals surface area contributed by atoms with Crippen molar-refractivity contribution in [3.05, 3.63) is 97.2 Å². The van der Waals surface area contributed by atoms with Crippen molar-refractivity contribution < 1.29 is 28.6 Å². The van der Waals surface area contributed by atoms with Crippen molar-refractivity contribution in [1.82, 2.24) is 0 Å². The monoisotopic (exact) mass is 1110 g/mol. The predicted molar refractivity (Wildman–Crippen MR) is 348 cm³/mol. The smallest absolute Gasteiger partial charge is 0.306 e. The molecule has 0 aliphatic carbocycles. The average molecular weight is 1110 g/mol. The molecule has 0 aliphatic heterocycles. The highest BCUT2D eigenvalue weighted by Crippen LogP contribution is 2.17. The first-order chi connectivity index (χ1) is 39.5. The van der Waals surface area contributed by atoms with Crippen molar-refractivity contribution in [2.45, 2.75) is 341 Å². The largest absolute Gasteiger partial charge is 0.462 e. The Morgan fingerprint density at radius 2 is 0.487 bits per heavy atom. The minimum absolute atomic E-state index is 0.0767. The molecule has 0 aromatic carbocycles. The summed E-state index contributed by atoms with van der Waals surface area (Å²) in [4.78, 5) is 38.3. The molecule has 80 heavy (non-hydrogen) atoms. The van der Waals surface area contributed by atoms with E-state index in [1.165, 1.54) is 193 Å². The van der Waals surface area contributed by atoms with Gasteiger partial charge in [-0.15, -0.1) is 0 Å². The van der Waals surface area contributed by atoms with Crippen LogP contribution in [0.15, 0.2) is 97.2 Å². The van der Waals surface area contributed by atoms with Crippen LogP contribution in [0.2, 0.25) is 0 Å². The summed E-state index contributed by atoms with van der Waals surface area (Å²) in [6.07, 6.45) is 91.4. The third-order valence-electron chi connectivity index (χ3n) is 14.8. The van der Waals surface area contributed by atoms with Crippen molar-refractivity contribution in [3.63, 3.8) is 0 Å². The van der Waals surface area contributed by atoms with Gasteiger partial charge in [-0.2, -0.15) is 0 Å². The fourth-order valence-corrected chi connectivity index (χ4v) is 9.71. The van der Waals surface area contributed by atoms with Crippen LogP contribution in [0, 0.1) is 0 Å². The first kappa shape index (κ1) is 76.3. The predicted octanol–water partition coefficient (Wildman–Crippen LogP) is 23.6. The number of unbranched alkanes of at least 4 members (excludes halogenated alkanes) is 35. The molecule has 0 saturated carbocycles. The second-order valence-corrected chi connectivity index (χ2v) is 22.7. The minimum Gasteiger partial charge on any atom is -0.462 e. The van der Waals surface area contributed by atoms with Gasteiger partial charge in [0.15, 0.2) is 6.10 Å². The van der Waals surface area contributed by atoms with Gasteiger partial charge >= 0.3 is 17.9 Å². The SMILES string of the molecule is CC/C=C\C/C=C\C/C=C\C/C=C\C/C=C\CCCCCCCCCCCCCC(=O)OCC(COC(=O)CCCCCCCCCCCC)OC(=O)CCCCCCCCCCCC/C=C\C/C=C\C/C=C\CCCCCCC. The number of allylic oxidation sites excluding steroid dienone is 16. The summed E-state index contributed by atoms with van der Waals surface area (Å²) in [6, 6.07) is 0. The first-order valence-electron chi connectivity index (χ1n) is 34.2. The maximum atomic E-state index is 12.9. The van der Waals surface area contributed by atoms with Gasteiger partial charge in [-0.1, -0.05) is 311 Å². The Morgan fingerprint density at radius 3 is 0.762 bits per heavy atom. The van der Waals surface area contributed by atoms with E-state index in [1.807, 2.05) is 0 Å². The molecule has 0 aromatic heterocycles. The highest BCUT2D eigenvalue weighted by Gasteiger charge is 2.19. The lowest BCUT2D eigenvalue weighted by Gasteiger charge is -2.18. The summed E-state index contributed by atoms with van der Waals surface area (Å²) in [6.45, 7) is 6.53. The van der Waals surface area contributed by atoms with E-state index < -0.39 is 6.10 Å². The van der Waals surface area contributed by atoms with Crippen molar-refractivity contribution in [1.29, 1.82) is 0 Å². The van der Waals surface area contributed by atoms with Crippen LogP contribution < -0.4 is 0 Å². The van der Waals surface area contributed by atoms with Gasteiger partial charge in [0, 0.05) is 19.3 Å². The minimum atomic E-state index is -0.780. The van der Waals surface area contributed by atoms with Crippen LogP contribution in [0.4, 0.5) is 0 Å². The van der Waals surface area contributed by atoms with E-state index in [4.69, 9.17) is 14.2 Å². The summed E-state index contributed by atoms with van der Waals surface area (Å²) in [5.74, 6) is -0.872. The van der Waals surface area contributed by atoms with E-state index in [0.29, 0.717) is 19.3 Å². The number of ether oxygens (including phenoxy) is 3. The van der Waals surface area contributed by atoms with E-state index in [0.717, 1.165) is 103 Å². The molecule has 0 aromatic rings. The Balaban J connectivity index is 4.23. The highest BCUT2D eigenvalue weighted by atomic mass is 16.6. The van der Waals surface area contributed by atoms with Gasteiger partial charge in [0.1, 0.15) is 13.2 Å². The van der Waals surface area contributed by atoms with Crippen LogP contribution in [0.3, 0.4) is 0 Å². The Morgan fingerprint density at radius 1 is 0.263 bits per heavy atom. The molecule has 0 amide bonds. The molecule has 6 nitrogen and oxygen atoms in total. The summed E-state index contributed by atoms with van der Waals surface area (Å²) in [7, 11) is 0. The molecule has 0 bridgehead atoms. The molecule has 1 unspecified atom stereocenters. The van der Waals surface area contributed by atoms with Crippen LogP contribution in [0.1, 0.15) is 335 Å². The van der Waals surface area contributed by atoms with Gasteiger partial charge in [-0.05, 0) is 103 Å². The first-order valence-corrected chi connectivity index (χ1v) is 34.2. The van der Waals surface area contributed by atoms with Gasteiger partial charge in [0.2, 0.25) is 0 Å². The summed E-state index contributed by atoms with van der Waals surface area (Å²) in [5.41, 5.74) is 0. The number of carbonyl (C=O) groups is 3. The molecular formula is C74H128O6. The highest BCUT2D eigenvalue weighted by molar-refractivity contribution is 5.71. The number of rotatable bonds is 62. The molecular weight excluding hydrogens is 985 g/mol. The quantitative estimate of drug-likeness (QED) is 0.0261. The van der Waals surface area contributed by atoms with E-state index >= 15 is 0 Å². The van der Waals surface area contributed by atoms with Crippen LogP contribution in [-0.2, 0) is 28.6 Å². The Labute approximate surface area is 496 Å². The number of hydrogen-bond acceptors (Lipinski definition) is 6. The fraction of sp³-hybridized carbons (Fsp3) is 0.743. The zero-order valence-electron chi connectivity index (χ0n) is 52.8. The molecule has 0 aliphatic rings. The van der Waals surface area contributed by atoms with Crippen molar-refractivity contribution in [2.24, 2.45) is 0 Å². The fourth-order valence-electron chi connectivity index (χ4n) is 9.71. The van der Waals surface area contributed by atoms with Crippen LogP contribution in [-0.4, -0.2) is 37.2 Å². The summed E-state index contributed by atoms with van der Waals surface area (Å²) < 4.78 is 16.9. The van der Waals surface area contributed by atoms with Crippen molar-refractivity contribution in [3.8, 4) is 0 Å². The Kier molecular flexibility index (Phi) is 64.7. The second kappa shape index (κ2) is 67.8.